The number of alkyl halides is 3. The van der Waals surface area contributed by atoms with Gasteiger partial charge in [0.05, 0.1) is 47.3 Å². The van der Waals surface area contributed by atoms with Crippen LogP contribution in [0, 0.1) is 0 Å². The maximum atomic E-state index is 11.7. The lowest BCUT2D eigenvalue weighted by Gasteiger charge is -2.32. The topological polar surface area (TPSA) is 284 Å². The summed E-state index contributed by atoms with van der Waals surface area (Å²) in [4.78, 5) is 43.1. The molecule has 22 nitrogen and oxygen atoms in total. The molecule has 5 aliphatic carbocycles. The second kappa shape index (κ2) is 40.7. The smallest absolute Gasteiger partial charge is 0.495 e. The van der Waals surface area contributed by atoms with Crippen LogP contribution < -0.4 is 19.7 Å². The second-order valence-electron chi connectivity index (χ2n) is 35.4. The molecule has 8 aliphatic rings. The van der Waals surface area contributed by atoms with Gasteiger partial charge in [-0.05, 0) is 331 Å². The summed E-state index contributed by atoms with van der Waals surface area (Å²) in [6, 6.07) is 54.7. The molecule has 3 fully saturated rings. The highest BCUT2D eigenvalue weighted by molar-refractivity contribution is 9.10. The maximum Gasteiger partial charge on any atom is 0.495 e. The van der Waals surface area contributed by atoms with Crippen LogP contribution in [0.5, 0.6) is 29.0 Å². The Kier molecular flexibility index (Phi) is 30.8. The van der Waals surface area contributed by atoms with E-state index in [9.17, 15) is 32.7 Å². The Labute approximate surface area is 752 Å². The number of ketones is 1. The quantitative estimate of drug-likeness (QED) is 0.0780. The number of carboxylic acids is 3. The maximum absolute atomic E-state index is 11.7. The van der Waals surface area contributed by atoms with Gasteiger partial charge in [-0.2, -0.15) is 13.2 Å². The summed E-state index contributed by atoms with van der Waals surface area (Å²) in [7, 11) is 0.445. The molecule has 4 N–H and O–H groups in total. The molecule has 30 heteroatoms. The van der Waals surface area contributed by atoms with E-state index >= 15 is 0 Å². The van der Waals surface area contributed by atoms with Crippen molar-refractivity contribution in [3.8, 4) is 51.3 Å². The van der Waals surface area contributed by atoms with Gasteiger partial charge >= 0.3 is 45.2 Å². The zero-order valence-corrected chi connectivity index (χ0v) is 76.9. The highest BCUT2D eigenvalue weighted by Crippen LogP contribution is 2.45. The number of carbonyl (C=O) groups excluding carboxylic acids is 1. The van der Waals surface area contributed by atoms with E-state index < -0.39 is 38.1 Å². The molecule has 10 aromatic rings. The van der Waals surface area contributed by atoms with E-state index in [4.69, 9.17) is 57.1 Å². The number of methoxy groups -OCH3 is 1. The predicted octanol–water partition coefficient (Wildman–Crippen LogP) is 21.3. The van der Waals surface area contributed by atoms with Gasteiger partial charge in [-0.1, -0.05) is 163 Å². The van der Waals surface area contributed by atoms with E-state index in [0.717, 1.165) is 77.4 Å². The summed E-state index contributed by atoms with van der Waals surface area (Å²) in [5.41, 5.74) is 18.5. The number of hydrogen-bond donors (Lipinski definition) is 4. The summed E-state index contributed by atoms with van der Waals surface area (Å²) in [5, 5.41) is 43.0. The Bertz CT molecular complexity index is 5410. The fourth-order valence-electron chi connectivity index (χ4n) is 16.1. The first-order valence-corrected chi connectivity index (χ1v) is 44.6. The number of carbonyl (C=O) groups is 4. The Morgan fingerprint density at radius 3 is 1.29 bits per heavy atom. The number of nitrogens with zero attached hydrogens (tertiary/aromatic N) is 5. The summed E-state index contributed by atoms with van der Waals surface area (Å²) in [6.45, 7) is 25.0. The number of H-pyrrole nitrogens is 1. The fraction of sp³-hybridized carbons (Fsp3) is 0.417. The van der Waals surface area contributed by atoms with Crippen LogP contribution in [0.2, 0.25) is 0 Å². The Balaban J connectivity index is 0.000000140. The first kappa shape index (κ1) is 95.3. The number of aromatic nitrogens is 6. The number of halogens is 5. The molecule has 664 valence electrons. The summed E-state index contributed by atoms with van der Waals surface area (Å²) < 4.78 is 88.5. The van der Waals surface area contributed by atoms with Gasteiger partial charge < -0.3 is 57.5 Å². The molecule has 3 aliphatic heterocycles. The van der Waals surface area contributed by atoms with E-state index in [0.29, 0.717) is 24.5 Å². The SMILES string of the molecule is Brc1cccc2c1CCCC2.CC1(C)OB(B2OC(C)(C)C(C)(C)O2)OC1(C)C.CC1(C)OB(c2cccc3c2CCCC3)OC1(C)C.COc1ccc(Cn2nnc(C(=O)O)c2Oc2ccc(-c3cccc4c3CCCC4)cc2)cc1.O=C(O)C(F)(F)F.O=C(O)c1[nH]nnc1Oc1ccc(-c2cccc3c2CCCC3)cc1.O=C1CCCc2c(Br)cccc21. The lowest BCUT2D eigenvalue weighted by Crippen LogP contribution is -2.41. The van der Waals surface area contributed by atoms with Crippen molar-refractivity contribution in [2.24, 2.45) is 0 Å². The lowest BCUT2D eigenvalue weighted by molar-refractivity contribution is -0.192. The first-order valence-electron chi connectivity index (χ1n) is 43.0. The van der Waals surface area contributed by atoms with Gasteiger partial charge in [0.1, 0.15) is 17.2 Å². The van der Waals surface area contributed by atoms with Crippen LogP contribution in [0.4, 0.5) is 13.2 Å². The minimum atomic E-state index is -5.08. The molecule has 8 aromatic carbocycles. The van der Waals surface area contributed by atoms with E-state index in [2.05, 4.69) is 158 Å². The van der Waals surface area contributed by atoms with Crippen LogP contribution in [0.15, 0.2) is 173 Å². The number of aromatic carboxylic acids is 2. The van der Waals surface area contributed by atoms with Crippen molar-refractivity contribution in [3.63, 3.8) is 0 Å². The Morgan fingerprint density at radius 2 is 0.841 bits per heavy atom. The molecule has 0 unspecified atom stereocenters. The summed E-state index contributed by atoms with van der Waals surface area (Å²) in [5.74, 6) is -2.99. The number of carboxylic acid groups (broad SMARTS) is 3. The fourth-order valence-corrected chi connectivity index (χ4v) is 17.2. The van der Waals surface area contributed by atoms with Crippen molar-refractivity contribution in [1.29, 1.82) is 0 Å². The number of Topliss-reactive ketones (excluding diaryl/α,β-unsaturated/α-hetero) is 1. The predicted molar refractivity (Wildman–Crippen MR) is 486 cm³/mol. The molecule has 0 spiro atoms. The molecular formula is C96H110B3Br2F3N6O16. The summed E-state index contributed by atoms with van der Waals surface area (Å²) >= 11 is 7.04. The van der Waals surface area contributed by atoms with Crippen LogP contribution in [0.3, 0.4) is 0 Å². The van der Waals surface area contributed by atoms with Crippen molar-refractivity contribution in [2.45, 2.75) is 251 Å². The highest BCUT2D eigenvalue weighted by atomic mass is 79.9. The van der Waals surface area contributed by atoms with E-state index in [1.807, 2.05) is 146 Å². The molecule has 3 saturated heterocycles. The van der Waals surface area contributed by atoms with Crippen LogP contribution in [-0.4, -0.2) is 137 Å². The standard InChI is InChI=1S/C27H25N3O4.C19H17N3O3.C16H23BO2.C12H24B2O4.C10H9BrO.C10H11Br.C2HF3O2/c1-33-21-13-9-18(10-14-21)17-30-26(25(27(31)32)28-29-30)34-22-15-11-20(12-16-22)24-8-4-6-19-5-2-3-7-23(19)24;23-19(24)17-18(21-22-20-17)25-14-10-8-13(9-11-14)16-7-3-5-12-4-1-2-6-15(12)16;1-15(2)16(3,4)19-17(18-15)14-11-7-9-12-8-5-6-10-13(12)14;1-9(2)10(3,4)16-13(15-9)14-17-11(5,6)12(7,8)18-14;11-9-5-1-4-8-7(9)3-2-6-10(8)12;11-10-7-3-5-8-4-1-2-6-9(8)10;3-2(4,5)1(6)7/h4,6,8-16H,2-3,5,7,17H2,1H3,(H,31,32);3,5,7-11H,1-2,4,6H2,(H,23,24)(H,20,21,22);7,9,11H,5-6,8,10H2,1-4H3;1-8H3;1,4-5H,2-3,6H2;3,5,7H,1-2,4,6H2;(H,6,7). The van der Waals surface area contributed by atoms with Crippen LogP contribution in [0.1, 0.15) is 234 Å². The van der Waals surface area contributed by atoms with Gasteiger partial charge in [0.2, 0.25) is 11.4 Å². The number of aromatic amines is 1. The molecule has 0 amide bonds. The minimum absolute atomic E-state index is 0.0441. The zero-order chi connectivity index (χ0) is 90.7. The molecule has 126 heavy (non-hydrogen) atoms. The molecule has 18 rings (SSSR count). The largest absolute Gasteiger partial charge is 0.497 e. The van der Waals surface area contributed by atoms with Crippen molar-refractivity contribution < 1.29 is 89.8 Å². The van der Waals surface area contributed by atoms with Crippen molar-refractivity contribution in [1.82, 2.24) is 30.4 Å². The molecule has 2 aromatic heterocycles. The number of nitrogens with one attached hydrogen (secondary N) is 1. The van der Waals surface area contributed by atoms with Crippen LogP contribution in [-0.2, 0) is 97.1 Å². The highest BCUT2D eigenvalue weighted by Gasteiger charge is 2.64. The van der Waals surface area contributed by atoms with Crippen molar-refractivity contribution in [3.05, 3.63) is 245 Å². The van der Waals surface area contributed by atoms with Gasteiger partial charge in [0.15, 0.2) is 5.78 Å². The first-order chi connectivity index (χ1) is 59.7. The molecule has 5 heterocycles. The molecule has 0 atom stereocenters. The molecule has 0 bridgehead atoms. The number of aryl methyl sites for hydroxylation is 4. The summed E-state index contributed by atoms with van der Waals surface area (Å²) in [6.07, 6.45) is 17.3. The molecule has 0 radical (unpaired) electrons. The molecule has 0 saturated carbocycles. The number of hydrogen-bond acceptors (Lipinski definition) is 17. The molecular weight excluding hydrogens is 1740 g/mol. The number of benzene rings is 8. The van der Waals surface area contributed by atoms with Gasteiger partial charge in [0, 0.05) is 20.9 Å². The third kappa shape index (κ3) is 23.0. The van der Waals surface area contributed by atoms with Gasteiger partial charge in [-0.3, -0.25) is 4.79 Å². The van der Waals surface area contributed by atoms with Crippen molar-refractivity contribution in [2.75, 3.05) is 7.11 Å². The number of fused-ring (bicyclic) bond motifs is 5. The van der Waals surface area contributed by atoms with Crippen LogP contribution in [0.25, 0.3) is 22.3 Å². The van der Waals surface area contributed by atoms with Crippen molar-refractivity contribution >= 4 is 82.2 Å². The average Bonchev–Trinajstić information content (AvgIpc) is 1.58. The number of rotatable bonds is 13. The Morgan fingerprint density at radius 1 is 0.452 bits per heavy atom. The number of aliphatic carboxylic acids is 1. The number of ether oxygens (including phenoxy) is 3. The van der Waals surface area contributed by atoms with Crippen LogP contribution >= 0.6 is 31.9 Å². The van der Waals surface area contributed by atoms with Gasteiger partial charge in [-0.25, -0.2) is 24.2 Å². The van der Waals surface area contributed by atoms with Gasteiger partial charge in [0.25, 0.3) is 11.8 Å². The zero-order valence-electron chi connectivity index (χ0n) is 73.7. The minimum Gasteiger partial charge on any atom is -0.497 e. The van der Waals surface area contributed by atoms with E-state index in [1.54, 1.807) is 18.2 Å². The normalized spacial score (nSPS) is 17.9. The van der Waals surface area contributed by atoms with E-state index in [-0.39, 0.29) is 69.7 Å². The second-order valence-corrected chi connectivity index (χ2v) is 37.1. The Hall–Kier alpha value is -9.78. The van der Waals surface area contributed by atoms with Gasteiger partial charge in [-0.15, -0.1) is 5.10 Å². The third-order valence-corrected chi connectivity index (χ3v) is 26.7. The monoisotopic (exact) mass is 1850 g/mol. The van der Waals surface area contributed by atoms with E-state index in [1.165, 1.54) is 135 Å². The lowest BCUT2D eigenvalue weighted by atomic mass is 9.49. The average molecular weight is 1850 g/mol. The third-order valence-electron chi connectivity index (χ3n) is 25.2.